The number of aliphatic hydroxyl groups excluding tert-OH is 1. The molecule has 2 heteroatoms. The fourth-order valence-electron chi connectivity index (χ4n) is 2.18. The van der Waals surface area contributed by atoms with Crippen LogP contribution in [0.3, 0.4) is 0 Å². The van der Waals surface area contributed by atoms with Crippen molar-refractivity contribution in [2.24, 2.45) is 11.3 Å². The summed E-state index contributed by atoms with van der Waals surface area (Å²) in [5.74, 6) is 0.177. The van der Waals surface area contributed by atoms with Crippen LogP contribution in [0.15, 0.2) is 0 Å². The Labute approximate surface area is 74.6 Å². The van der Waals surface area contributed by atoms with Crippen molar-refractivity contribution in [1.29, 1.82) is 0 Å². The summed E-state index contributed by atoms with van der Waals surface area (Å²) in [6, 6.07) is 0. The van der Waals surface area contributed by atoms with Crippen LogP contribution in [0.5, 0.6) is 0 Å². The highest BCUT2D eigenvalue weighted by molar-refractivity contribution is 4.99. The van der Waals surface area contributed by atoms with Crippen LogP contribution in [0.25, 0.3) is 0 Å². The molecule has 0 heterocycles. The molecular formula is C10H20O2. The molecule has 72 valence electrons. The summed E-state index contributed by atoms with van der Waals surface area (Å²) in [6.07, 6.45) is 1.18. The van der Waals surface area contributed by atoms with Gasteiger partial charge in [0.05, 0.1) is 11.7 Å². The van der Waals surface area contributed by atoms with Gasteiger partial charge in [-0.25, -0.2) is 0 Å². The molecule has 0 amide bonds. The van der Waals surface area contributed by atoms with E-state index in [4.69, 9.17) is 0 Å². The van der Waals surface area contributed by atoms with E-state index in [2.05, 4.69) is 0 Å². The van der Waals surface area contributed by atoms with Gasteiger partial charge in [0, 0.05) is 0 Å². The van der Waals surface area contributed by atoms with E-state index < -0.39 is 5.60 Å². The fraction of sp³-hybridized carbons (Fsp3) is 1.00. The summed E-state index contributed by atoms with van der Waals surface area (Å²) in [6.45, 7) is 7.92. The number of hydrogen-bond donors (Lipinski definition) is 2. The van der Waals surface area contributed by atoms with Crippen LogP contribution >= 0.6 is 0 Å². The summed E-state index contributed by atoms with van der Waals surface area (Å²) in [4.78, 5) is 0. The van der Waals surface area contributed by atoms with E-state index in [9.17, 15) is 10.2 Å². The zero-order chi connectivity index (χ0) is 9.57. The van der Waals surface area contributed by atoms with E-state index in [1.54, 1.807) is 0 Å². The smallest absolute Gasteiger partial charge is 0.0697 e. The van der Waals surface area contributed by atoms with E-state index >= 15 is 0 Å². The predicted octanol–water partition coefficient (Wildman–Crippen LogP) is 1.55. The highest BCUT2D eigenvalue weighted by atomic mass is 16.3. The number of rotatable bonds is 0. The highest BCUT2D eigenvalue weighted by Gasteiger charge is 2.48. The number of hydrogen-bond acceptors (Lipinski definition) is 2. The maximum absolute atomic E-state index is 10.2. The largest absolute Gasteiger partial charge is 0.393 e. The third kappa shape index (κ3) is 1.38. The van der Waals surface area contributed by atoms with Crippen LogP contribution in [0, 0.1) is 11.3 Å². The van der Waals surface area contributed by atoms with Gasteiger partial charge in [0.2, 0.25) is 0 Å². The van der Waals surface area contributed by atoms with Gasteiger partial charge in [-0.1, -0.05) is 20.8 Å². The van der Waals surface area contributed by atoms with Crippen LogP contribution in [0.4, 0.5) is 0 Å². The normalized spacial score (nSPS) is 47.5. The highest BCUT2D eigenvalue weighted by Crippen LogP contribution is 2.46. The first-order valence-electron chi connectivity index (χ1n) is 4.68. The molecule has 0 aliphatic heterocycles. The molecule has 0 bridgehead atoms. The second-order valence-corrected chi connectivity index (χ2v) is 5.03. The van der Waals surface area contributed by atoms with Gasteiger partial charge in [-0.3, -0.25) is 0 Å². The van der Waals surface area contributed by atoms with E-state index in [0.29, 0.717) is 6.42 Å². The van der Waals surface area contributed by atoms with Crippen LogP contribution in [-0.4, -0.2) is 21.9 Å². The monoisotopic (exact) mass is 172 g/mol. The van der Waals surface area contributed by atoms with Crippen molar-refractivity contribution in [3.63, 3.8) is 0 Å². The van der Waals surface area contributed by atoms with Gasteiger partial charge < -0.3 is 10.2 Å². The van der Waals surface area contributed by atoms with Crippen LogP contribution in [0.2, 0.25) is 0 Å². The van der Waals surface area contributed by atoms with E-state index in [1.807, 2.05) is 27.7 Å². The molecule has 0 spiro atoms. The first kappa shape index (κ1) is 10.0. The lowest BCUT2D eigenvalue weighted by molar-refractivity contribution is -0.147. The maximum Gasteiger partial charge on any atom is 0.0697 e. The molecule has 0 aromatic rings. The molecule has 2 N–H and O–H groups in total. The summed E-state index contributed by atoms with van der Waals surface area (Å²) in [5.41, 5.74) is -0.823. The molecule has 3 unspecified atom stereocenters. The Balaban J connectivity index is 2.86. The first-order valence-corrected chi connectivity index (χ1v) is 4.68. The SMILES string of the molecule is CC1CC(O)CC(C)(C)C1(C)O. The Bertz CT molecular complexity index is 173. The summed E-state index contributed by atoms with van der Waals surface area (Å²) < 4.78 is 0. The second kappa shape index (κ2) is 2.71. The van der Waals surface area contributed by atoms with E-state index in [-0.39, 0.29) is 17.4 Å². The number of aliphatic hydroxyl groups is 2. The molecule has 0 saturated heterocycles. The lowest BCUT2D eigenvalue weighted by Gasteiger charge is -2.50. The standard InChI is InChI=1S/C10H20O2/c1-7-5-8(11)6-9(2,3)10(7,4)12/h7-8,11-12H,5-6H2,1-4H3. The minimum absolute atomic E-state index is 0.177. The molecule has 12 heavy (non-hydrogen) atoms. The maximum atomic E-state index is 10.2. The minimum atomic E-state index is -0.647. The Hall–Kier alpha value is -0.0800. The van der Waals surface area contributed by atoms with Crippen LogP contribution in [-0.2, 0) is 0 Å². The lowest BCUT2D eigenvalue weighted by atomic mass is 9.61. The zero-order valence-electron chi connectivity index (χ0n) is 8.46. The van der Waals surface area contributed by atoms with Crippen molar-refractivity contribution < 1.29 is 10.2 Å². The molecule has 0 aromatic heterocycles. The van der Waals surface area contributed by atoms with Crippen LogP contribution < -0.4 is 0 Å². The average molecular weight is 172 g/mol. The van der Waals surface area contributed by atoms with Crippen molar-refractivity contribution in [3.05, 3.63) is 0 Å². The Kier molecular flexibility index (Phi) is 2.26. The third-order valence-electron chi connectivity index (χ3n) is 3.70. The molecule has 0 aromatic carbocycles. The molecular weight excluding hydrogens is 152 g/mol. The molecule has 1 saturated carbocycles. The quantitative estimate of drug-likeness (QED) is 0.582. The van der Waals surface area contributed by atoms with Crippen molar-refractivity contribution in [2.75, 3.05) is 0 Å². The molecule has 1 fully saturated rings. The van der Waals surface area contributed by atoms with Gasteiger partial charge in [0.1, 0.15) is 0 Å². The molecule has 0 radical (unpaired) electrons. The summed E-state index contributed by atoms with van der Waals surface area (Å²) in [7, 11) is 0. The van der Waals surface area contributed by atoms with Gasteiger partial charge in [-0.2, -0.15) is 0 Å². The van der Waals surface area contributed by atoms with Crippen molar-refractivity contribution >= 4 is 0 Å². The average Bonchev–Trinajstić information content (AvgIpc) is 1.82. The van der Waals surface area contributed by atoms with E-state index in [0.717, 1.165) is 6.42 Å². The molecule has 1 aliphatic rings. The lowest BCUT2D eigenvalue weighted by Crippen LogP contribution is -2.53. The summed E-state index contributed by atoms with van der Waals surface area (Å²) >= 11 is 0. The van der Waals surface area contributed by atoms with Crippen molar-refractivity contribution in [3.8, 4) is 0 Å². The molecule has 2 nitrogen and oxygen atoms in total. The minimum Gasteiger partial charge on any atom is -0.393 e. The molecule has 1 rings (SSSR count). The van der Waals surface area contributed by atoms with E-state index in [1.165, 1.54) is 0 Å². The van der Waals surface area contributed by atoms with Gasteiger partial charge in [-0.15, -0.1) is 0 Å². The molecule has 1 aliphatic carbocycles. The Morgan fingerprint density at radius 1 is 1.25 bits per heavy atom. The molecule has 3 atom stereocenters. The van der Waals surface area contributed by atoms with Gasteiger partial charge in [-0.05, 0) is 31.1 Å². The Morgan fingerprint density at radius 3 is 2.17 bits per heavy atom. The third-order valence-corrected chi connectivity index (χ3v) is 3.70. The van der Waals surface area contributed by atoms with Gasteiger partial charge in [0.25, 0.3) is 0 Å². The summed E-state index contributed by atoms with van der Waals surface area (Å²) in [5, 5.41) is 19.7. The zero-order valence-corrected chi connectivity index (χ0v) is 8.46. The van der Waals surface area contributed by atoms with Gasteiger partial charge in [0.15, 0.2) is 0 Å². The topological polar surface area (TPSA) is 40.5 Å². The first-order chi connectivity index (χ1) is 5.27. The van der Waals surface area contributed by atoms with Gasteiger partial charge >= 0.3 is 0 Å². The van der Waals surface area contributed by atoms with Crippen molar-refractivity contribution in [1.82, 2.24) is 0 Å². The predicted molar refractivity (Wildman–Crippen MR) is 48.8 cm³/mol. The fourth-order valence-corrected chi connectivity index (χ4v) is 2.18. The van der Waals surface area contributed by atoms with Crippen LogP contribution in [0.1, 0.15) is 40.5 Å². The second-order valence-electron chi connectivity index (χ2n) is 5.03. The Morgan fingerprint density at radius 2 is 1.75 bits per heavy atom. The van der Waals surface area contributed by atoms with Crippen molar-refractivity contribution in [2.45, 2.75) is 52.2 Å².